The van der Waals surface area contributed by atoms with E-state index in [0.29, 0.717) is 15.1 Å². The summed E-state index contributed by atoms with van der Waals surface area (Å²) in [4.78, 5) is 0. The highest BCUT2D eigenvalue weighted by atomic mass is 79.9. The standard InChI is InChI=1S/C14H11BrCl3N/c1-19-14(8-2-4-11(16)10(15)6-8)9-3-5-12(17)13(18)7-9/h2-7,14,19H,1H3. The molecule has 0 heterocycles. The highest BCUT2D eigenvalue weighted by Crippen LogP contribution is 2.31. The zero-order valence-corrected chi connectivity index (χ0v) is 13.9. The van der Waals surface area contributed by atoms with Gasteiger partial charge in [-0.15, -0.1) is 0 Å². The lowest BCUT2D eigenvalue weighted by Crippen LogP contribution is -2.17. The number of halogens is 4. The van der Waals surface area contributed by atoms with Crippen LogP contribution in [-0.4, -0.2) is 7.05 Å². The molecule has 2 aromatic carbocycles. The van der Waals surface area contributed by atoms with Gasteiger partial charge in [0.05, 0.1) is 21.1 Å². The van der Waals surface area contributed by atoms with Crippen LogP contribution >= 0.6 is 50.7 Å². The van der Waals surface area contributed by atoms with Crippen molar-refractivity contribution in [1.29, 1.82) is 0 Å². The molecule has 0 saturated carbocycles. The van der Waals surface area contributed by atoms with E-state index >= 15 is 0 Å². The summed E-state index contributed by atoms with van der Waals surface area (Å²) in [6, 6.07) is 11.5. The van der Waals surface area contributed by atoms with Crippen molar-refractivity contribution in [1.82, 2.24) is 5.32 Å². The number of hydrogen-bond donors (Lipinski definition) is 1. The van der Waals surface area contributed by atoms with Gasteiger partial charge in [-0.05, 0) is 58.4 Å². The molecule has 0 saturated heterocycles. The molecule has 0 aromatic heterocycles. The van der Waals surface area contributed by atoms with Gasteiger partial charge in [-0.25, -0.2) is 0 Å². The summed E-state index contributed by atoms with van der Waals surface area (Å²) in [6.07, 6.45) is 0. The maximum atomic E-state index is 6.07. The van der Waals surface area contributed by atoms with Crippen LogP contribution in [0, 0.1) is 0 Å². The lowest BCUT2D eigenvalue weighted by atomic mass is 9.99. The van der Waals surface area contributed by atoms with Crippen LogP contribution in [0.1, 0.15) is 17.2 Å². The average molecular weight is 380 g/mol. The zero-order chi connectivity index (χ0) is 14.0. The lowest BCUT2D eigenvalue weighted by molar-refractivity contribution is 0.691. The fraction of sp³-hybridized carbons (Fsp3) is 0.143. The molecule has 0 fully saturated rings. The monoisotopic (exact) mass is 377 g/mol. The van der Waals surface area contributed by atoms with Crippen LogP contribution in [0.2, 0.25) is 15.1 Å². The van der Waals surface area contributed by atoms with Gasteiger partial charge >= 0.3 is 0 Å². The van der Waals surface area contributed by atoms with E-state index in [1.807, 2.05) is 37.4 Å². The predicted molar refractivity (Wildman–Crippen MR) is 86.5 cm³/mol. The van der Waals surface area contributed by atoms with Gasteiger partial charge in [0.1, 0.15) is 0 Å². The molecule has 0 aliphatic heterocycles. The molecule has 5 heteroatoms. The van der Waals surface area contributed by atoms with E-state index < -0.39 is 0 Å². The molecule has 0 amide bonds. The molecule has 2 rings (SSSR count). The Morgan fingerprint density at radius 2 is 1.47 bits per heavy atom. The molecule has 1 atom stereocenters. The first kappa shape index (κ1) is 15.1. The van der Waals surface area contributed by atoms with Crippen LogP contribution in [0.25, 0.3) is 0 Å². The number of benzene rings is 2. The lowest BCUT2D eigenvalue weighted by Gasteiger charge is -2.18. The van der Waals surface area contributed by atoms with Crippen molar-refractivity contribution in [3.8, 4) is 0 Å². The molecule has 1 unspecified atom stereocenters. The second-order valence-electron chi connectivity index (χ2n) is 4.07. The third kappa shape index (κ3) is 3.45. The molecule has 0 bridgehead atoms. The van der Waals surface area contributed by atoms with Crippen molar-refractivity contribution in [3.63, 3.8) is 0 Å². The third-order valence-electron chi connectivity index (χ3n) is 2.84. The van der Waals surface area contributed by atoms with E-state index in [2.05, 4.69) is 21.2 Å². The molecule has 0 radical (unpaired) electrons. The van der Waals surface area contributed by atoms with Crippen LogP contribution in [0.15, 0.2) is 40.9 Å². The molecule has 0 spiro atoms. The van der Waals surface area contributed by atoms with Crippen LogP contribution < -0.4 is 5.32 Å². The number of rotatable bonds is 3. The van der Waals surface area contributed by atoms with Gasteiger partial charge < -0.3 is 5.32 Å². The smallest absolute Gasteiger partial charge is 0.0595 e. The molecule has 1 N–H and O–H groups in total. The Balaban J connectivity index is 2.43. The summed E-state index contributed by atoms with van der Waals surface area (Å²) in [6.45, 7) is 0. The first-order valence-corrected chi connectivity index (χ1v) is 7.52. The van der Waals surface area contributed by atoms with Crippen molar-refractivity contribution in [3.05, 3.63) is 67.1 Å². The van der Waals surface area contributed by atoms with Gasteiger partial charge in [-0.3, -0.25) is 0 Å². The van der Waals surface area contributed by atoms with Crippen LogP contribution in [0.4, 0.5) is 0 Å². The molecule has 0 aliphatic rings. The quantitative estimate of drug-likeness (QED) is 0.719. The fourth-order valence-electron chi connectivity index (χ4n) is 1.91. The summed E-state index contributed by atoms with van der Waals surface area (Å²) in [5, 5.41) is 5.05. The van der Waals surface area contributed by atoms with Gasteiger partial charge in [-0.2, -0.15) is 0 Å². The molecule has 19 heavy (non-hydrogen) atoms. The number of nitrogens with one attached hydrogen (secondary N) is 1. The molecule has 2 aromatic rings. The minimum Gasteiger partial charge on any atom is -0.309 e. The largest absolute Gasteiger partial charge is 0.309 e. The van der Waals surface area contributed by atoms with E-state index in [4.69, 9.17) is 34.8 Å². The van der Waals surface area contributed by atoms with E-state index in [1.54, 1.807) is 6.07 Å². The predicted octanol–water partition coefficient (Wildman–Crippen LogP) is 5.72. The van der Waals surface area contributed by atoms with Crippen molar-refractivity contribution >= 4 is 50.7 Å². The fourth-order valence-corrected chi connectivity index (χ4v) is 2.73. The SMILES string of the molecule is CNC(c1ccc(Cl)c(Cl)c1)c1ccc(Cl)c(Br)c1. The first-order chi connectivity index (χ1) is 9.02. The molecule has 1 nitrogen and oxygen atoms in total. The van der Waals surface area contributed by atoms with Gasteiger partial charge in [0.25, 0.3) is 0 Å². The van der Waals surface area contributed by atoms with Crippen LogP contribution in [0.3, 0.4) is 0 Å². The van der Waals surface area contributed by atoms with E-state index in [-0.39, 0.29) is 6.04 Å². The summed E-state index contributed by atoms with van der Waals surface area (Å²) < 4.78 is 0.868. The Hall–Kier alpha value is -0.250. The zero-order valence-electron chi connectivity index (χ0n) is 10.1. The Bertz CT molecular complexity index is 550. The number of hydrogen-bond acceptors (Lipinski definition) is 1. The average Bonchev–Trinajstić information content (AvgIpc) is 2.39. The van der Waals surface area contributed by atoms with Crippen LogP contribution in [-0.2, 0) is 0 Å². The maximum absolute atomic E-state index is 6.07. The highest BCUT2D eigenvalue weighted by Gasteiger charge is 2.14. The second-order valence-corrected chi connectivity index (χ2v) is 6.14. The van der Waals surface area contributed by atoms with E-state index in [9.17, 15) is 0 Å². The van der Waals surface area contributed by atoms with Crippen molar-refractivity contribution in [2.24, 2.45) is 0 Å². The Labute approximate surface area is 136 Å². The first-order valence-electron chi connectivity index (χ1n) is 5.60. The van der Waals surface area contributed by atoms with Gasteiger partial charge in [-0.1, -0.05) is 46.9 Å². The summed E-state index contributed by atoms with van der Waals surface area (Å²) in [5.74, 6) is 0. The Morgan fingerprint density at radius 3 is 2.00 bits per heavy atom. The summed E-state index contributed by atoms with van der Waals surface area (Å²) in [7, 11) is 1.90. The molecular weight excluding hydrogens is 368 g/mol. The van der Waals surface area contributed by atoms with Gasteiger partial charge in [0.15, 0.2) is 0 Å². The van der Waals surface area contributed by atoms with E-state index in [1.165, 1.54) is 0 Å². The van der Waals surface area contributed by atoms with Gasteiger partial charge in [0.2, 0.25) is 0 Å². The molecule has 0 aliphatic carbocycles. The minimum absolute atomic E-state index is 0.0309. The third-order valence-corrected chi connectivity index (χ3v) is 4.80. The summed E-state index contributed by atoms with van der Waals surface area (Å²) >= 11 is 21.5. The molecule has 100 valence electrons. The second kappa shape index (κ2) is 6.47. The van der Waals surface area contributed by atoms with Crippen molar-refractivity contribution < 1.29 is 0 Å². The van der Waals surface area contributed by atoms with Crippen molar-refractivity contribution in [2.45, 2.75) is 6.04 Å². The normalized spacial score (nSPS) is 12.5. The topological polar surface area (TPSA) is 12.0 Å². The Morgan fingerprint density at radius 1 is 0.895 bits per heavy atom. The van der Waals surface area contributed by atoms with Gasteiger partial charge in [0, 0.05) is 4.47 Å². The Kier molecular flexibility index (Phi) is 5.15. The van der Waals surface area contributed by atoms with Crippen molar-refractivity contribution in [2.75, 3.05) is 7.05 Å². The van der Waals surface area contributed by atoms with Crippen LogP contribution in [0.5, 0.6) is 0 Å². The molecular formula is C14H11BrCl3N. The summed E-state index contributed by atoms with van der Waals surface area (Å²) in [5.41, 5.74) is 2.14. The maximum Gasteiger partial charge on any atom is 0.0595 e. The highest BCUT2D eigenvalue weighted by molar-refractivity contribution is 9.10. The minimum atomic E-state index is 0.0309. The van der Waals surface area contributed by atoms with E-state index in [0.717, 1.165) is 15.6 Å².